The number of halogens is 1. The molecule has 0 spiro atoms. The van der Waals surface area contributed by atoms with Crippen molar-refractivity contribution in [3.05, 3.63) is 66.1 Å². The van der Waals surface area contributed by atoms with Gasteiger partial charge < -0.3 is 9.84 Å². The summed E-state index contributed by atoms with van der Waals surface area (Å²) in [4.78, 5) is 10.6. The first-order valence-corrected chi connectivity index (χ1v) is 11.2. The smallest absolute Gasteiger partial charge is 0.329 e. The van der Waals surface area contributed by atoms with Gasteiger partial charge in [0.1, 0.15) is 12.4 Å². The molecule has 5 nitrogen and oxygen atoms in total. The number of aryl methyl sites for hydroxylation is 1. The van der Waals surface area contributed by atoms with Gasteiger partial charge in [0, 0.05) is 17.7 Å². The molecule has 1 aromatic heterocycles. The Labute approximate surface area is 187 Å². The Balaban J connectivity index is 1.55. The topological polar surface area (TPSA) is 64.4 Å². The summed E-state index contributed by atoms with van der Waals surface area (Å²) >= 11 is 0. The lowest BCUT2D eigenvalue weighted by atomic mass is 9.82. The fraction of sp³-hybridized carbons (Fsp3) is 0.385. The van der Waals surface area contributed by atoms with E-state index in [0.717, 1.165) is 60.3 Å². The van der Waals surface area contributed by atoms with Crippen molar-refractivity contribution >= 4 is 5.97 Å². The van der Waals surface area contributed by atoms with Crippen molar-refractivity contribution in [2.24, 2.45) is 11.8 Å². The van der Waals surface area contributed by atoms with Crippen molar-refractivity contribution < 1.29 is 19.0 Å². The molecule has 6 heteroatoms. The van der Waals surface area contributed by atoms with Gasteiger partial charge in [-0.3, -0.25) is 4.68 Å². The molecule has 1 saturated carbocycles. The second-order valence-corrected chi connectivity index (χ2v) is 8.66. The van der Waals surface area contributed by atoms with Gasteiger partial charge in [0.25, 0.3) is 0 Å². The van der Waals surface area contributed by atoms with Gasteiger partial charge in [-0.1, -0.05) is 42.5 Å². The van der Waals surface area contributed by atoms with Gasteiger partial charge in [-0.25, -0.2) is 9.18 Å². The van der Waals surface area contributed by atoms with Gasteiger partial charge in [-0.2, -0.15) is 5.10 Å². The molecule has 0 saturated heterocycles. The second kappa shape index (κ2) is 10.1. The molecular formula is C26H29FN2O3. The molecule has 1 aliphatic carbocycles. The SMILES string of the molecule is Cc1nn(CC2CCC(COCC(=O)O)CC2)c(-c2ccccc2)c1-c1cccc(F)c1. The summed E-state index contributed by atoms with van der Waals surface area (Å²) in [6.07, 6.45) is 4.18. The molecular weight excluding hydrogens is 407 g/mol. The Morgan fingerprint density at radius 3 is 2.44 bits per heavy atom. The molecule has 1 fully saturated rings. The van der Waals surface area contributed by atoms with E-state index in [1.165, 1.54) is 6.07 Å². The lowest BCUT2D eigenvalue weighted by molar-refractivity contribution is -0.142. The molecule has 0 aliphatic heterocycles. The van der Waals surface area contributed by atoms with Crippen LogP contribution in [0.5, 0.6) is 0 Å². The molecule has 2 aromatic carbocycles. The zero-order valence-corrected chi connectivity index (χ0v) is 18.3. The first kappa shape index (κ1) is 22.2. The van der Waals surface area contributed by atoms with Crippen LogP contribution in [0, 0.1) is 24.6 Å². The number of carboxylic acid groups (broad SMARTS) is 1. The van der Waals surface area contributed by atoms with Gasteiger partial charge in [0.15, 0.2) is 0 Å². The van der Waals surface area contributed by atoms with Crippen molar-refractivity contribution in [1.82, 2.24) is 9.78 Å². The van der Waals surface area contributed by atoms with E-state index in [2.05, 4.69) is 16.8 Å². The van der Waals surface area contributed by atoms with Crippen LogP contribution in [0.3, 0.4) is 0 Å². The van der Waals surface area contributed by atoms with E-state index < -0.39 is 5.97 Å². The molecule has 168 valence electrons. The third-order valence-corrected chi connectivity index (χ3v) is 6.26. The molecule has 0 unspecified atom stereocenters. The molecule has 1 aliphatic rings. The van der Waals surface area contributed by atoms with Crippen LogP contribution >= 0.6 is 0 Å². The number of hydrogen-bond acceptors (Lipinski definition) is 3. The van der Waals surface area contributed by atoms with Gasteiger partial charge in [-0.05, 0) is 62.1 Å². The molecule has 1 N–H and O–H groups in total. The van der Waals surface area contributed by atoms with E-state index >= 15 is 0 Å². The van der Waals surface area contributed by atoms with Crippen LogP contribution in [-0.2, 0) is 16.1 Å². The molecule has 0 radical (unpaired) electrons. The van der Waals surface area contributed by atoms with Gasteiger partial charge >= 0.3 is 5.97 Å². The third kappa shape index (κ3) is 5.25. The predicted octanol–water partition coefficient (Wildman–Crippen LogP) is 5.57. The Hall–Kier alpha value is -2.99. The molecule has 0 atom stereocenters. The average molecular weight is 437 g/mol. The van der Waals surface area contributed by atoms with E-state index in [1.54, 1.807) is 12.1 Å². The van der Waals surface area contributed by atoms with Crippen LogP contribution in [0.15, 0.2) is 54.6 Å². The van der Waals surface area contributed by atoms with Crippen LogP contribution in [0.25, 0.3) is 22.4 Å². The summed E-state index contributed by atoms with van der Waals surface area (Å²) < 4.78 is 21.4. The first-order valence-electron chi connectivity index (χ1n) is 11.2. The quantitative estimate of drug-likeness (QED) is 0.501. The first-order chi connectivity index (χ1) is 15.5. The van der Waals surface area contributed by atoms with Crippen molar-refractivity contribution in [2.45, 2.75) is 39.2 Å². The molecule has 0 amide bonds. The highest BCUT2D eigenvalue weighted by atomic mass is 19.1. The number of carboxylic acids is 1. The average Bonchev–Trinajstić information content (AvgIpc) is 3.11. The highest BCUT2D eigenvalue weighted by Gasteiger charge is 2.25. The molecule has 0 bridgehead atoms. The lowest BCUT2D eigenvalue weighted by Gasteiger charge is -2.28. The summed E-state index contributed by atoms with van der Waals surface area (Å²) in [6.45, 7) is 3.08. The van der Waals surface area contributed by atoms with Crippen molar-refractivity contribution in [2.75, 3.05) is 13.2 Å². The van der Waals surface area contributed by atoms with Crippen molar-refractivity contribution in [3.63, 3.8) is 0 Å². The Morgan fingerprint density at radius 1 is 1.06 bits per heavy atom. The number of aromatic nitrogens is 2. The monoisotopic (exact) mass is 436 g/mol. The number of carbonyl (C=O) groups is 1. The van der Waals surface area contributed by atoms with Crippen LogP contribution in [-0.4, -0.2) is 34.1 Å². The zero-order chi connectivity index (χ0) is 22.5. The maximum absolute atomic E-state index is 14.0. The van der Waals surface area contributed by atoms with E-state index in [-0.39, 0.29) is 12.4 Å². The van der Waals surface area contributed by atoms with Crippen molar-refractivity contribution in [1.29, 1.82) is 0 Å². The standard InChI is InChI=1S/C26H29FN2O3/c1-18-25(22-8-5-9-23(27)14-22)26(21-6-3-2-4-7-21)29(28-18)15-19-10-12-20(13-11-19)16-32-17-24(30)31/h2-9,14,19-20H,10-13,15-17H2,1H3,(H,30,31). The highest BCUT2D eigenvalue weighted by molar-refractivity contribution is 5.83. The molecule has 32 heavy (non-hydrogen) atoms. The van der Waals surface area contributed by atoms with E-state index in [0.29, 0.717) is 18.4 Å². The number of aliphatic carboxylic acids is 1. The number of ether oxygens (including phenoxy) is 1. The predicted molar refractivity (Wildman–Crippen MR) is 122 cm³/mol. The second-order valence-electron chi connectivity index (χ2n) is 8.66. The van der Waals surface area contributed by atoms with Crippen LogP contribution in [0.2, 0.25) is 0 Å². The van der Waals surface area contributed by atoms with Crippen LogP contribution in [0.4, 0.5) is 4.39 Å². The fourth-order valence-corrected chi connectivity index (χ4v) is 4.73. The molecule has 3 aromatic rings. The largest absolute Gasteiger partial charge is 0.480 e. The number of benzene rings is 2. The fourth-order valence-electron chi connectivity index (χ4n) is 4.73. The maximum atomic E-state index is 14.0. The Morgan fingerprint density at radius 2 is 1.75 bits per heavy atom. The van der Waals surface area contributed by atoms with Gasteiger partial charge in [0.05, 0.1) is 18.0 Å². The van der Waals surface area contributed by atoms with Crippen LogP contribution in [0.1, 0.15) is 31.4 Å². The summed E-state index contributed by atoms with van der Waals surface area (Å²) in [5.41, 5.74) is 4.81. The summed E-state index contributed by atoms with van der Waals surface area (Å²) in [7, 11) is 0. The summed E-state index contributed by atoms with van der Waals surface area (Å²) in [6, 6.07) is 16.9. The third-order valence-electron chi connectivity index (χ3n) is 6.26. The minimum Gasteiger partial charge on any atom is -0.480 e. The minimum absolute atomic E-state index is 0.226. The number of nitrogens with zero attached hydrogens (tertiary/aromatic N) is 2. The summed E-state index contributed by atoms with van der Waals surface area (Å²) in [5.74, 6) is -0.262. The molecule has 4 rings (SSSR count). The normalized spacial score (nSPS) is 18.6. The highest BCUT2D eigenvalue weighted by Crippen LogP contribution is 2.37. The van der Waals surface area contributed by atoms with Crippen LogP contribution < -0.4 is 0 Å². The van der Waals surface area contributed by atoms with Crippen molar-refractivity contribution in [3.8, 4) is 22.4 Å². The Kier molecular flexibility index (Phi) is 7.00. The number of rotatable bonds is 8. The molecule has 1 heterocycles. The van der Waals surface area contributed by atoms with Gasteiger partial charge in [0.2, 0.25) is 0 Å². The Bertz CT molecular complexity index is 1060. The summed E-state index contributed by atoms with van der Waals surface area (Å²) in [5, 5.41) is 13.6. The van der Waals surface area contributed by atoms with Gasteiger partial charge in [-0.15, -0.1) is 0 Å². The van der Waals surface area contributed by atoms with E-state index in [1.807, 2.05) is 31.2 Å². The lowest BCUT2D eigenvalue weighted by Crippen LogP contribution is -2.23. The van der Waals surface area contributed by atoms with E-state index in [9.17, 15) is 9.18 Å². The zero-order valence-electron chi connectivity index (χ0n) is 18.3. The minimum atomic E-state index is -0.921. The maximum Gasteiger partial charge on any atom is 0.329 e. The van der Waals surface area contributed by atoms with E-state index in [4.69, 9.17) is 14.9 Å². The number of hydrogen-bond donors (Lipinski definition) is 1.